The number of amides is 1. The Morgan fingerprint density at radius 3 is 2.44 bits per heavy atom. The molecular weight excluding hydrogens is 334 g/mol. The van der Waals surface area contributed by atoms with Crippen LogP contribution in [0.5, 0.6) is 0 Å². The Morgan fingerprint density at radius 2 is 1.76 bits per heavy atom. The summed E-state index contributed by atoms with van der Waals surface area (Å²) in [6, 6.07) is 13.8. The lowest BCUT2D eigenvalue weighted by Gasteiger charge is -2.37. The van der Waals surface area contributed by atoms with E-state index in [-0.39, 0.29) is 5.91 Å². The number of benzene rings is 2. The number of nitrogens with zero attached hydrogens (tertiary/aromatic N) is 3. The average Bonchev–Trinajstić information content (AvgIpc) is 2.63. The Kier molecular flexibility index (Phi) is 5.19. The van der Waals surface area contributed by atoms with Crippen molar-refractivity contribution in [2.24, 2.45) is 0 Å². The minimum Gasteiger partial charge on any atom is -0.378 e. The van der Waals surface area contributed by atoms with Crippen molar-refractivity contribution in [3.63, 3.8) is 0 Å². The maximum absolute atomic E-state index is 12.8. The monoisotopic (exact) mass is 357 g/mol. The summed E-state index contributed by atoms with van der Waals surface area (Å²) >= 11 is 6.14. The maximum atomic E-state index is 12.8. The van der Waals surface area contributed by atoms with E-state index in [1.807, 2.05) is 66.4 Å². The fourth-order valence-corrected chi connectivity index (χ4v) is 3.34. The van der Waals surface area contributed by atoms with E-state index in [1.165, 1.54) is 5.56 Å². The molecule has 1 heterocycles. The van der Waals surface area contributed by atoms with Gasteiger partial charge in [0.2, 0.25) is 0 Å². The first-order valence-corrected chi connectivity index (χ1v) is 8.91. The van der Waals surface area contributed by atoms with E-state index in [0.29, 0.717) is 0 Å². The summed E-state index contributed by atoms with van der Waals surface area (Å²) in [5, 5.41) is 0.750. The predicted octanol–water partition coefficient (Wildman–Crippen LogP) is 3.68. The van der Waals surface area contributed by atoms with Gasteiger partial charge in [-0.15, -0.1) is 0 Å². The molecule has 1 aliphatic heterocycles. The molecule has 2 aromatic rings. The summed E-state index contributed by atoms with van der Waals surface area (Å²) < 4.78 is 0. The largest absolute Gasteiger partial charge is 0.378 e. The molecule has 0 unspecified atom stereocenters. The van der Waals surface area contributed by atoms with Crippen molar-refractivity contribution >= 4 is 28.9 Å². The van der Waals surface area contributed by atoms with Gasteiger partial charge < -0.3 is 14.7 Å². The minimum absolute atomic E-state index is 0.103. The van der Waals surface area contributed by atoms with Crippen molar-refractivity contribution in [3.8, 4) is 0 Å². The van der Waals surface area contributed by atoms with Crippen LogP contribution in [-0.4, -0.2) is 51.1 Å². The predicted molar refractivity (Wildman–Crippen MR) is 105 cm³/mol. The average molecular weight is 358 g/mol. The molecule has 1 fully saturated rings. The number of carbonyl (C=O) groups is 1. The fraction of sp³-hybridized carbons (Fsp3) is 0.350. The van der Waals surface area contributed by atoms with Gasteiger partial charge in [-0.25, -0.2) is 0 Å². The van der Waals surface area contributed by atoms with Crippen LogP contribution in [-0.2, 0) is 0 Å². The molecule has 3 rings (SSSR count). The summed E-state index contributed by atoms with van der Waals surface area (Å²) in [4.78, 5) is 19.1. The first-order chi connectivity index (χ1) is 12.0. The normalized spacial score (nSPS) is 14.6. The molecule has 0 saturated carbocycles. The molecule has 1 saturated heterocycles. The van der Waals surface area contributed by atoms with Gasteiger partial charge in [0.1, 0.15) is 0 Å². The van der Waals surface area contributed by atoms with Crippen LogP contribution < -0.4 is 9.80 Å². The second-order valence-electron chi connectivity index (χ2n) is 6.65. The highest BCUT2D eigenvalue weighted by molar-refractivity contribution is 6.30. The van der Waals surface area contributed by atoms with E-state index in [9.17, 15) is 4.79 Å². The second-order valence-corrected chi connectivity index (χ2v) is 7.09. The molecule has 4 nitrogen and oxygen atoms in total. The Morgan fingerprint density at radius 1 is 1.04 bits per heavy atom. The van der Waals surface area contributed by atoms with Gasteiger partial charge in [-0.2, -0.15) is 0 Å². The van der Waals surface area contributed by atoms with E-state index in [2.05, 4.69) is 11.8 Å². The summed E-state index contributed by atoms with van der Waals surface area (Å²) in [5.41, 5.74) is 4.16. The zero-order valence-corrected chi connectivity index (χ0v) is 15.8. The van der Waals surface area contributed by atoms with Crippen LogP contribution in [0, 0.1) is 6.92 Å². The van der Waals surface area contributed by atoms with Gasteiger partial charge in [0.05, 0.1) is 0 Å². The van der Waals surface area contributed by atoms with Crippen LogP contribution in [0.25, 0.3) is 0 Å². The summed E-state index contributed by atoms with van der Waals surface area (Å²) in [5.74, 6) is 0.103. The van der Waals surface area contributed by atoms with Crippen molar-refractivity contribution in [3.05, 3.63) is 58.6 Å². The smallest absolute Gasteiger partial charge is 0.254 e. The van der Waals surface area contributed by atoms with Gasteiger partial charge in [-0.3, -0.25) is 4.79 Å². The Labute approximate surface area is 154 Å². The lowest BCUT2D eigenvalue weighted by molar-refractivity contribution is 0.0747. The van der Waals surface area contributed by atoms with Crippen molar-refractivity contribution in [2.45, 2.75) is 6.92 Å². The highest BCUT2D eigenvalue weighted by Gasteiger charge is 2.23. The maximum Gasteiger partial charge on any atom is 0.254 e. The second kappa shape index (κ2) is 7.36. The van der Waals surface area contributed by atoms with Crippen molar-refractivity contribution in [1.82, 2.24) is 4.90 Å². The Bertz CT molecular complexity index is 767. The van der Waals surface area contributed by atoms with E-state index < -0.39 is 0 Å². The van der Waals surface area contributed by atoms with E-state index in [1.54, 1.807) is 0 Å². The topological polar surface area (TPSA) is 26.8 Å². The van der Waals surface area contributed by atoms with Gasteiger partial charge in [0, 0.05) is 62.2 Å². The van der Waals surface area contributed by atoms with Gasteiger partial charge in [0.25, 0.3) is 5.91 Å². The van der Waals surface area contributed by atoms with Gasteiger partial charge in [-0.05, 0) is 42.8 Å². The highest BCUT2D eigenvalue weighted by Crippen LogP contribution is 2.25. The van der Waals surface area contributed by atoms with Crippen molar-refractivity contribution < 1.29 is 4.79 Å². The number of hydrogen-bond acceptors (Lipinski definition) is 3. The van der Waals surface area contributed by atoms with Crippen LogP contribution in [0.4, 0.5) is 11.4 Å². The van der Waals surface area contributed by atoms with Crippen LogP contribution in [0.2, 0.25) is 5.02 Å². The van der Waals surface area contributed by atoms with Crippen LogP contribution in [0.1, 0.15) is 15.9 Å². The molecular formula is C20H24ClN3O. The number of piperazine rings is 1. The first kappa shape index (κ1) is 17.6. The lowest BCUT2D eigenvalue weighted by Crippen LogP contribution is -2.49. The number of halogens is 1. The number of hydrogen-bond donors (Lipinski definition) is 0. The van der Waals surface area contributed by atoms with Gasteiger partial charge in [0.15, 0.2) is 0 Å². The molecule has 0 aliphatic carbocycles. The SMILES string of the molecule is Cc1ccc(Cl)cc1N1CCN(C(=O)c2cccc(N(C)C)c2)CC1. The fourth-order valence-electron chi connectivity index (χ4n) is 3.17. The number of carbonyl (C=O) groups excluding carboxylic acids is 1. The first-order valence-electron chi connectivity index (χ1n) is 8.53. The molecule has 0 spiro atoms. The molecule has 1 aliphatic rings. The molecule has 2 aromatic carbocycles. The molecule has 5 heteroatoms. The molecule has 0 atom stereocenters. The minimum atomic E-state index is 0.103. The Balaban J connectivity index is 1.69. The third-order valence-electron chi connectivity index (χ3n) is 4.69. The summed E-state index contributed by atoms with van der Waals surface area (Å²) in [6.07, 6.45) is 0. The molecule has 1 amide bonds. The van der Waals surface area contributed by atoms with Crippen molar-refractivity contribution in [1.29, 1.82) is 0 Å². The van der Waals surface area contributed by atoms with Crippen molar-refractivity contribution in [2.75, 3.05) is 50.1 Å². The quantitative estimate of drug-likeness (QED) is 0.838. The molecule has 25 heavy (non-hydrogen) atoms. The summed E-state index contributed by atoms with van der Waals surface area (Å²) in [6.45, 7) is 5.17. The molecule has 0 radical (unpaired) electrons. The molecule has 0 N–H and O–H groups in total. The van der Waals surface area contributed by atoms with Gasteiger partial charge >= 0.3 is 0 Å². The van der Waals surface area contributed by atoms with Gasteiger partial charge in [-0.1, -0.05) is 23.7 Å². The number of rotatable bonds is 3. The van der Waals surface area contributed by atoms with E-state index >= 15 is 0 Å². The van der Waals surface area contributed by atoms with E-state index in [0.717, 1.165) is 48.1 Å². The number of aryl methyl sites for hydroxylation is 1. The summed E-state index contributed by atoms with van der Waals surface area (Å²) in [7, 11) is 3.96. The third-order valence-corrected chi connectivity index (χ3v) is 4.92. The Hall–Kier alpha value is -2.20. The van der Waals surface area contributed by atoms with E-state index in [4.69, 9.17) is 11.6 Å². The lowest BCUT2D eigenvalue weighted by atomic mass is 10.1. The molecule has 0 aromatic heterocycles. The molecule has 132 valence electrons. The standard InChI is InChI=1S/C20H24ClN3O/c1-15-7-8-17(21)14-19(15)23-9-11-24(12-10-23)20(25)16-5-4-6-18(13-16)22(2)3/h4-8,13-14H,9-12H2,1-3H3. The highest BCUT2D eigenvalue weighted by atomic mass is 35.5. The third kappa shape index (κ3) is 3.90. The number of anilines is 2. The zero-order valence-electron chi connectivity index (χ0n) is 15.0. The van der Waals surface area contributed by atoms with Crippen LogP contribution in [0.3, 0.4) is 0 Å². The van der Waals surface area contributed by atoms with Crippen LogP contribution >= 0.6 is 11.6 Å². The zero-order chi connectivity index (χ0) is 18.0. The van der Waals surface area contributed by atoms with Crippen LogP contribution in [0.15, 0.2) is 42.5 Å². The molecule has 0 bridgehead atoms.